The van der Waals surface area contributed by atoms with E-state index in [0.29, 0.717) is 25.3 Å². The zero-order valence-corrected chi connectivity index (χ0v) is 10.9. The van der Waals surface area contributed by atoms with Crippen molar-refractivity contribution in [1.29, 1.82) is 0 Å². The van der Waals surface area contributed by atoms with E-state index in [0.717, 1.165) is 19.3 Å². The molecule has 1 N–H and O–H groups in total. The summed E-state index contributed by atoms with van der Waals surface area (Å²) >= 11 is 0. The highest BCUT2D eigenvalue weighted by atomic mass is 16.4. The number of hydrogen-bond acceptors (Lipinski definition) is 2. The van der Waals surface area contributed by atoms with Gasteiger partial charge in [0, 0.05) is 13.0 Å². The SMILES string of the molecule is O=C(O)[C@H]1CCCN1C(=O)CC1CCCCCC1. The van der Waals surface area contributed by atoms with E-state index in [1.165, 1.54) is 25.7 Å². The molecule has 0 unspecified atom stereocenters. The lowest BCUT2D eigenvalue weighted by Crippen LogP contribution is -2.41. The average Bonchev–Trinajstić information content (AvgIpc) is 2.70. The molecule has 18 heavy (non-hydrogen) atoms. The minimum Gasteiger partial charge on any atom is -0.480 e. The Morgan fingerprint density at radius 3 is 2.28 bits per heavy atom. The summed E-state index contributed by atoms with van der Waals surface area (Å²) in [7, 11) is 0. The van der Waals surface area contributed by atoms with Gasteiger partial charge in [0.1, 0.15) is 6.04 Å². The fourth-order valence-corrected chi connectivity index (χ4v) is 3.25. The molecule has 2 rings (SSSR count). The number of rotatable bonds is 3. The molecule has 1 atom stereocenters. The maximum Gasteiger partial charge on any atom is 0.326 e. The monoisotopic (exact) mass is 253 g/mol. The van der Waals surface area contributed by atoms with E-state index in [1.54, 1.807) is 4.90 Å². The van der Waals surface area contributed by atoms with E-state index < -0.39 is 12.0 Å². The Hall–Kier alpha value is -1.06. The molecular weight excluding hydrogens is 230 g/mol. The van der Waals surface area contributed by atoms with Crippen LogP contribution in [0.1, 0.15) is 57.8 Å². The highest BCUT2D eigenvalue weighted by Crippen LogP contribution is 2.27. The fourth-order valence-electron chi connectivity index (χ4n) is 3.25. The Kier molecular flexibility index (Phi) is 4.61. The van der Waals surface area contributed by atoms with Gasteiger partial charge in [-0.3, -0.25) is 4.79 Å². The summed E-state index contributed by atoms with van der Waals surface area (Å²) in [4.78, 5) is 24.9. The van der Waals surface area contributed by atoms with Gasteiger partial charge in [-0.15, -0.1) is 0 Å². The van der Waals surface area contributed by atoms with Crippen molar-refractivity contribution in [2.45, 2.75) is 63.8 Å². The van der Waals surface area contributed by atoms with E-state index in [2.05, 4.69) is 0 Å². The molecule has 1 heterocycles. The number of likely N-dealkylation sites (tertiary alicyclic amines) is 1. The van der Waals surface area contributed by atoms with Crippen molar-refractivity contribution < 1.29 is 14.7 Å². The summed E-state index contributed by atoms with van der Waals surface area (Å²) in [5.74, 6) is -0.302. The third kappa shape index (κ3) is 3.24. The quantitative estimate of drug-likeness (QED) is 0.786. The number of carboxylic acids is 1. The van der Waals surface area contributed by atoms with Crippen molar-refractivity contribution in [3.8, 4) is 0 Å². The first-order valence-corrected chi connectivity index (χ1v) is 7.21. The molecule has 1 saturated heterocycles. The number of carbonyl (C=O) groups excluding carboxylic acids is 1. The number of nitrogens with zero attached hydrogens (tertiary/aromatic N) is 1. The molecule has 0 bridgehead atoms. The van der Waals surface area contributed by atoms with Crippen LogP contribution in [0.15, 0.2) is 0 Å². The van der Waals surface area contributed by atoms with E-state index >= 15 is 0 Å². The maximum atomic E-state index is 12.2. The smallest absolute Gasteiger partial charge is 0.326 e. The van der Waals surface area contributed by atoms with Crippen molar-refractivity contribution in [1.82, 2.24) is 4.90 Å². The van der Waals surface area contributed by atoms with Crippen LogP contribution in [0.25, 0.3) is 0 Å². The zero-order chi connectivity index (χ0) is 13.0. The van der Waals surface area contributed by atoms with Crippen LogP contribution < -0.4 is 0 Å². The molecule has 1 amide bonds. The molecule has 102 valence electrons. The van der Waals surface area contributed by atoms with Gasteiger partial charge in [-0.05, 0) is 31.6 Å². The van der Waals surface area contributed by atoms with Gasteiger partial charge in [0.15, 0.2) is 0 Å². The predicted molar refractivity (Wildman–Crippen MR) is 68.2 cm³/mol. The average molecular weight is 253 g/mol. The Labute approximate surface area is 108 Å². The van der Waals surface area contributed by atoms with E-state index in [4.69, 9.17) is 5.11 Å². The lowest BCUT2D eigenvalue weighted by Gasteiger charge is -2.24. The van der Waals surface area contributed by atoms with Gasteiger partial charge in [-0.25, -0.2) is 4.79 Å². The van der Waals surface area contributed by atoms with Gasteiger partial charge >= 0.3 is 5.97 Å². The molecule has 2 fully saturated rings. The van der Waals surface area contributed by atoms with Crippen molar-refractivity contribution in [2.75, 3.05) is 6.54 Å². The molecule has 0 aromatic carbocycles. The normalized spacial score (nSPS) is 26.0. The molecule has 0 aromatic rings. The molecule has 1 aliphatic carbocycles. The third-order valence-corrected chi connectivity index (χ3v) is 4.30. The number of carboxylic acid groups (broad SMARTS) is 1. The van der Waals surface area contributed by atoms with E-state index in [1.807, 2.05) is 0 Å². The van der Waals surface area contributed by atoms with Gasteiger partial charge in [0.25, 0.3) is 0 Å². The first kappa shape index (κ1) is 13.4. The molecular formula is C14H23NO3. The minimum absolute atomic E-state index is 0.0619. The Bertz CT molecular complexity index is 308. The summed E-state index contributed by atoms with van der Waals surface area (Å²) in [6, 6.07) is -0.566. The largest absolute Gasteiger partial charge is 0.480 e. The molecule has 0 radical (unpaired) electrons. The number of aliphatic carboxylic acids is 1. The van der Waals surface area contributed by atoms with Gasteiger partial charge < -0.3 is 10.0 Å². The number of hydrogen-bond donors (Lipinski definition) is 1. The van der Waals surface area contributed by atoms with Crippen molar-refractivity contribution in [3.63, 3.8) is 0 Å². The maximum absolute atomic E-state index is 12.2. The van der Waals surface area contributed by atoms with E-state index in [-0.39, 0.29) is 5.91 Å². The van der Waals surface area contributed by atoms with Crippen molar-refractivity contribution >= 4 is 11.9 Å². The van der Waals surface area contributed by atoms with Gasteiger partial charge in [-0.2, -0.15) is 0 Å². The van der Waals surface area contributed by atoms with Crippen LogP contribution in [0.2, 0.25) is 0 Å². The second kappa shape index (κ2) is 6.21. The van der Waals surface area contributed by atoms with Gasteiger partial charge in [0.05, 0.1) is 0 Å². The van der Waals surface area contributed by atoms with Crippen LogP contribution in [0.4, 0.5) is 0 Å². The Balaban J connectivity index is 1.88. The van der Waals surface area contributed by atoms with Crippen LogP contribution in [0.5, 0.6) is 0 Å². The molecule has 1 saturated carbocycles. The Morgan fingerprint density at radius 2 is 1.67 bits per heavy atom. The van der Waals surface area contributed by atoms with E-state index in [9.17, 15) is 9.59 Å². The standard InChI is InChI=1S/C14H23NO3/c16-13(10-11-6-3-1-2-4-7-11)15-9-5-8-12(15)14(17)18/h11-12H,1-10H2,(H,17,18)/t12-/m1/s1. The summed E-state index contributed by atoms with van der Waals surface area (Å²) in [6.45, 7) is 0.628. The first-order chi connectivity index (χ1) is 8.68. The second-order valence-electron chi connectivity index (χ2n) is 5.65. The topological polar surface area (TPSA) is 57.6 Å². The van der Waals surface area contributed by atoms with Crippen LogP contribution in [0, 0.1) is 5.92 Å². The fraction of sp³-hybridized carbons (Fsp3) is 0.857. The van der Waals surface area contributed by atoms with Crippen LogP contribution in [-0.4, -0.2) is 34.5 Å². The molecule has 0 spiro atoms. The summed E-state index contributed by atoms with van der Waals surface area (Å²) in [5.41, 5.74) is 0. The zero-order valence-electron chi connectivity index (χ0n) is 10.9. The molecule has 4 nitrogen and oxygen atoms in total. The molecule has 4 heteroatoms. The number of carbonyl (C=O) groups is 2. The van der Waals surface area contributed by atoms with Crippen molar-refractivity contribution in [2.24, 2.45) is 5.92 Å². The summed E-state index contributed by atoms with van der Waals surface area (Å²) < 4.78 is 0. The van der Waals surface area contributed by atoms with Crippen LogP contribution >= 0.6 is 0 Å². The predicted octanol–water partition coefficient (Wildman–Crippen LogP) is 2.42. The van der Waals surface area contributed by atoms with Crippen molar-refractivity contribution in [3.05, 3.63) is 0 Å². The minimum atomic E-state index is -0.846. The third-order valence-electron chi connectivity index (χ3n) is 4.30. The lowest BCUT2D eigenvalue weighted by molar-refractivity contribution is -0.148. The van der Waals surface area contributed by atoms with Crippen LogP contribution in [0.3, 0.4) is 0 Å². The summed E-state index contributed by atoms with van der Waals surface area (Å²) in [5, 5.41) is 9.09. The van der Waals surface area contributed by atoms with Crippen LogP contribution in [-0.2, 0) is 9.59 Å². The molecule has 0 aromatic heterocycles. The lowest BCUT2D eigenvalue weighted by atomic mass is 9.96. The highest BCUT2D eigenvalue weighted by Gasteiger charge is 2.34. The molecule has 2 aliphatic rings. The Morgan fingerprint density at radius 1 is 1.00 bits per heavy atom. The molecule has 1 aliphatic heterocycles. The second-order valence-corrected chi connectivity index (χ2v) is 5.65. The summed E-state index contributed by atoms with van der Waals surface area (Å²) in [6.07, 6.45) is 9.29. The highest BCUT2D eigenvalue weighted by molar-refractivity contribution is 5.84. The van der Waals surface area contributed by atoms with Gasteiger partial charge in [-0.1, -0.05) is 25.7 Å². The first-order valence-electron chi connectivity index (χ1n) is 7.21. The number of amides is 1. The van der Waals surface area contributed by atoms with Gasteiger partial charge in [0.2, 0.25) is 5.91 Å².